The Balaban J connectivity index is 1.87. The van der Waals surface area contributed by atoms with Crippen LogP contribution in [0.25, 0.3) is 10.9 Å². The number of aryl methyl sites for hydroxylation is 1. The number of ketones is 1. The van der Waals surface area contributed by atoms with Crippen LogP contribution in [0.15, 0.2) is 54.7 Å². The van der Waals surface area contributed by atoms with Gasteiger partial charge >= 0.3 is 5.97 Å². The molecule has 0 aliphatic carbocycles. The maximum Gasteiger partial charge on any atom is 0.303 e. The molecule has 1 heterocycles. The van der Waals surface area contributed by atoms with Crippen LogP contribution in [0.3, 0.4) is 0 Å². The van der Waals surface area contributed by atoms with Crippen molar-refractivity contribution in [1.29, 1.82) is 0 Å². The van der Waals surface area contributed by atoms with E-state index in [9.17, 15) is 9.59 Å². The van der Waals surface area contributed by atoms with E-state index in [1.165, 1.54) is 0 Å². The fraction of sp³-hybridized carbons (Fsp3) is 0.238. The molecule has 0 unspecified atom stereocenters. The number of carbonyl (C=O) groups excluding carboxylic acids is 1. The smallest absolute Gasteiger partial charge is 0.303 e. The number of carbonyl (C=O) groups is 2. The number of carboxylic acids is 1. The lowest BCUT2D eigenvalue weighted by molar-refractivity contribution is -0.137. The van der Waals surface area contributed by atoms with Crippen molar-refractivity contribution in [2.45, 2.75) is 25.8 Å². The molecule has 134 valence electrons. The number of rotatable bonds is 8. The summed E-state index contributed by atoms with van der Waals surface area (Å²) < 4.78 is 7.18. The molecule has 5 nitrogen and oxygen atoms in total. The third-order valence-electron chi connectivity index (χ3n) is 4.43. The van der Waals surface area contributed by atoms with Crippen LogP contribution in [0.5, 0.6) is 5.75 Å². The van der Waals surface area contributed by atoms with E-state index in [2.05, 4.69) is 0 Å². The van der Waals surface area contributed by atoms with Gasteiger partial charge in [-0.05, 0) is 43.2 Å². The van der Waals surface area contributed by atoms with Crippen molar-refractivity contribution < 1.29 is 19.4 Å². The molecule has 0 saturated carbocycles. The van der Waals surface area contributed by atoms with Crippen molar-refractivity contribution in [1.82, 2.24) is 4.57 Å². The molecule has 0 atom stereocenters. The number of hydrogen-bond acceptors (Lipinski definition) is 3. The minimum absolute atomic E-state index is 0.0341. The highest BCUT2D eigenvalue weighted by Crippen LogP contribution is 2.25. The predicted octanol–water partition coefficient (Wildman–Crippen LogP) is 4.14. The number of para-hydroxylation sites is 1. The zero-order valence-corrected chi connectivity index (χ0v) is 14.6. The van der Waals surface area contributed by atoms with Gasteiger partial charge < -0.3 is 14.4 Å². The van der Waals surface area contributed by atoms with E-state index >= 15 is 0 Å². The highest BCUT2D eigenvalue weighted by atomic mass is 16.5. The first kappa shape index (κ1) is 17.7. The molecule has 1 N–H and O–H groups in total. The van der Waals surface area contributed by atoms with Gasteiger partial charge in [0.2, 0.25) is 0 Å². The summed E-state index contributed by atoms with van der Waals surface area (Å²) in [5.41, 5.74) is 2.25. The number of nitrogens with zero attached hydrogens (tertiary/aromatic N) is 1. The summed E-state index contributed by atoms with van der Waals surface area (Å²) in [6.07, 6.45) is 3.40. The summed E-state index contributed by atoms with van der Waals surface area (Å²) >= 11 is 0. The Morgan fingerprint density at radius 2 is 1.77 bits per heavy atom. The van der Waals surface area contributed by atoms with Gasteiger partial charge in [-0.15, -0.1) is 0 Å². The Hall–Kier alpha value is -3.08. The zero-order valence-electron chi connectivity index (χ0n) is 14.6. The lowest BCUT2D eigenvalue weighted by Gasteiger charge is -2.04. The molecule has 0 radical (unpaired) electrons. The predicted molar refractivity (Wildman–Crippen MR) is 99.9 cm³/mol. The van der Waals surface area contributed by atoms with Gasteiger partial charge in [0.05, 0.1) is 7.11 Å². The number of benzene rings is 2. The molecule has 1 aromatic heterocycles. The number of unbranched alkanes of at least 4 members (excludes halogenated alkanes) is 1. The molecule has 0 amide bonds. The van der Waals surface area contributed by atoms with Crippen molar-refractivity contribution in [3.63, 3.8) is 0 Å². The third kappa shape index (κ3) is 3.77. The molecule has 26 heavy (non-hydrogen) atoms. The van der Waals surface area contributed by atoms with Crippen LogP contribution in [0.4, 0.5) is 0 Å². The number of methoxy groups -OCH3 is 1. The number of ether oxygens (including phenoxy) is 1. The summed E-state index contributed by atoms with van der Waals surface area (Å²) in [5.74, 6) is -0.103. The van der Waals surface area contributed by atoms with Gasteiger partial charge in [-0.3, -0.25) is 9.59 Å². The largest absolute Gasteiger partial charge is 0.497 e. The number of hydrogen-bond donors (Lipinski definition) is 1. The first-order valence-corrected chi connectivity index (χ1v) is 8.58. The Morgan fingerprint density at radius 3 is 2.46 bits per heavy atom. The molecular formula is C21H21NO4. The average Bonchev–Trinajstić information content (AvgIpc) is 3.03. The maximum absolute atomic E-state index is 13.0. The zero-order chi connectivity index (χ0) is 18.5. The van der Waals surface area contributed by atoms with Gasteiger partial charge in [-0.2, -0.15) is 0 Å². The van der Waals surface area contributed by atoms with Gasteiger partial charge in [-0.1, -0.05) is 18.2 Å². The summed E-state index contributed by atoms with van der Waals surface area (Å²) in [6.45, 7) is 0.684. The quantitative estimate of drug-likeness (QED) is 0.489. The molecule has 0 aliphatic heterocycles. The summed E-state index contributed by atoms with van der Waals surface area (Å²) in [6, 6.07) is 14.9. The summed E-state index contributed by atoms with van der Waals surface area (Å²) in [7, 11) is 1.59. The second-order valence-corrected chi connectivity index (χ2v) is 6.16. The Labute approximate surface area is 151 Å². The van der Waals surface area contributed by atoms with E-state index in [-0.39, 0.29) is 12.2 Å². The third-order valence-corrected chi connectivity index (χ3v) is 4.43. The van der Waals surface area contributed by atoms with Crippen molar-refractivity contribution in [3.05, 3.63) is 65.9 Å². The van der Waals surface area contributed by atoms with Gasteiger partial charge in [0, 0.05) is 41.2 Å². The van der Waals surface area contributed by atoms with E-state index in [1.807, 2.05) is 35.0 Å². The van der Waals surface area contributed by atoms with E-state index in [0.29, 0.717) is 29.8 Å². The maximum atomic E-state index is 13.0. The van der Waals surface area contributed by atoms with Crippen molar-refractivity contribution in [3.8, 4) is 5.75 Å². The number of aromatic nitrogens is 1. The number of fused-ring (bicyclic) bond motifs is 1. The normalized spacial score (nSPS) is 10.8. The van der Waals surface area contributed by atoms with Crippen LogP contribution in [0, 0.1) is 0 Å². The Morgan fingerprint density at radius 1 is 1.04 bits per heavy atom. The van der Waals surface area contributed by atoms with Crippen molar-refractivity contribution in [2.75, 3.05) is 7.11 Å². The lowest BCUT2D eigenvalue weighted by atomic mass is 10.0. The topological polar surface area (TPSA) is 68.5 Å². The minimum atomic E-state index is -0.780. The average molecular weight is 351 g/mol. The molecule has 0 spiro atoms. The number of carboxylic acid groups (broad SMARTS) is 1. The Bertz CT molecular complexity index is 925. The van der Waals surface area contributed by atoms with Crippen molar-refractivity contribution in [2.24, 2.45) is 0 Å². The molecule has 0 bridgehead atoms. The highest BCUT2D eigenvalue weighted by molar-refractivity contribution is 6.16. The molecule has 2 aromatic carbocycles. The van der Waals surface area contributed by atoms with Gasteiger partial charge in [-0.25, -0.2) is 0 Å². The number of aliphatic carboxylic acids is 1. The SMILES string of the molecule is COc1ccc(C(=O)c2cn(CCCCC(=O)O)c3ccccc23)cc1. The minimum Gasteiger partial charge on any atom is -0.497 e. The summed E-state index contributed by atoms with van der Waals surface area (Å²) in [5, 5.41) is 9.67. The lowest BCUT2D eigenvalue weighted by Crippen LogP contribution is -2.01. The first-order valence-electron chi connectivity index (χ1n) is 8.58. The fourth-order valence-corrected chi connectivity index (χ4v) is 3.07. The molecule has 5 heteroatoms. The Kier molecular flexibility index (Phi) is 5.37. The first-order chi connectivity index (χ1) is 12.6. The van der Waals surface area contributed by atoms with E-state index in [0.717, 1.165) is 17.3 Å². The van der Waals surface area contributed by atoms with Gasteiger partial charge in [0.25, 0.3) is 0 Å². The van der Waals surface area contributed by atoms with E-state index in [1.54, 1.807) is 31.4 Å². The highest BCUT2D eigenvalue weighted by Gasteiger charge is 2.16. The van der Waals surface area contributed by atoms with Crippen LogP contribution in [0.1, 0.15) is 35.2 Å². The van der Waals surface area contributed by atoms with Crippen LogP contribution >= 0.6 is 0 Å². The standard InChI is InChI=1S/C21H21NO4/c1-26-16-11-9-15(10-12-16)21(25)18-14-22(13-5-4-8-20(23)24)19-7-3-2-6-17(18)19/h2-3,6-7,9-12,14H,4-5,8,13H2,1H3,(H,23,24). The molecule has 3 rings (SSSR count). The van der Waals surface area contributed by atoms with Crippen LogP contribution in [0.2, 0.25) is 0 Å². The van der Waals surface area contributed by atoms with E-state index < -0.39 is 5.97 Å². The van der Waals surface area contributed by atoms with Gasteiger partial charge in [0.15, 0.2) is 5.78 Å². The molecule has 0 fully saturated rings. The monoisotopic (exact) mass is 351 g/mol. The molecule has 3 aromatic rings. The second kappa shape index (κ2) is 7.87. The molecule has 0 saturated heterocycles. The van der Waals surface area contributed by atoms with Crippen molar-refractivity contribution >= 4 is 22.7 Å². The van der Waals surface area contributed by atoms with Crippen LogP contribution in [-0.4, -0.2) is 28.5 Å². The van der Waals surface area contributed by atoms with E-state index in [4.69, 9.17) is 9.84 Å². The summed E-state index contributed by atoms with van der Waals surface area (Å²) in [4.78, 5) is 23.6. The van der Waals surface area contributed by atoms with Crippen LogP contribution < -0.4 is 4.74 Å². The fourth-order valence-electron chi connectivity index (χ4n) is 3.07. The second-order valence-electron chi connectivity index (χ2n) is 6.16. The molecule has 0 aliphatic rings. The van der Waals surface area contributed by atoms with Crippen LogP contribution in [-0.2, 0) is 11.3 Å². The van der Waals surface area contributed by atoms with Gasteiger partial charge in [0.1, 0.15) is 5.75 Å². The molecular weight excluding hydrogens is 330 g/mol.